The second kappa shape index (κ2) is 2.76. The van der Waals surface area contributed by atoms with Gasteiger partial charge in [-0.15, -0.1) is 0 Å². The number of fused-ring (bicyclic) bond motifs is 1. The minimum absolute atomic E-state index is 0.0590. The molecule has 3 nitrogen and oxygen atoms in total. The van der Waals surface area contributed by atoms with E-state index in [1.54, 1.807) is 16.2 Å². The SMILES string of the molecule is CCn1c(=O)n(C)c2ccccc21. The largest absolute Gasteiger partial charge is 0.328 e. The van der Waals surface area contributed by atoms with Crippen molar-refractivity contribution in [3.8, 4) is 0 Å². The number of imidazole rings is 1. The molecule has 1 aromatic heterocycles. The molecule has 68 valence electrons. The molecule has 0 aliphatic carbocycles. The van der Waals surface area contributed by atoms with Crippen molar-refractivity contribution in [2.45, 2.75) is 13.5 Å². The first kappa shape index (κ1) is 8.10. The maximum Gasteiger partial charge on any atom is 0.328 e. The van der Waals surface area contributed by atoms with E-state index in [1.165, 1.54) is 0 Å². The highest BCUT2D eigenvalue weighted by Gasteiger charge is 2.06. The maximum atomic E-state index is 11.6. The molecule has 0 amide bonds. The Morgan fingerprint density at radius 1 is 1.23 bits per heavy atom. The monoisotopic (exact) mass is 176 g/mol. The zero-order chi connectivity index (χ0) is 9.42. The topological polar surface area (TPSA) is 26.9 Å². The third-order valence-corrected chi connectivity index (χ3v) is 2.37. The average molecular weight is 176 g/mol. The summed E-state index contributed by atoms with van der Waals surface area (Å²) in [7, 11) is 1.80. The summed E-state index contributed by atoms with van der Waals surface area (Å²) in [5.74, 6) is 0. The second-order valence-electron chi connectivity index (χ2n) is 3.07. The van der Waals surface area contributed by atoms with Crippen LogP contribution in [0.15, 0.2) is 29.1 Å². The Bertz CT molecular complexity index is 493. The van der Waals surface area contributed by atoms with Gasteiger partial charge < -0.3 is 0 Å². The highest BCUT2D eigenvalue weighted by Crippen LogP contribution is 2.10. The van der Waals surface area contributed by atoms with E-state index in [4.69, 9.17) is 0 Å². The quantitative estimate of drug-likeness (QED) is 0.644. The van der Waals surface area contributed by atoms with E-state index in [0.717, 1.165) is 17.6 Å². The van der Waals surface area contributed by atoms with Crippen LogP contribution in [0.5, 0.6) is 0 Å². The van der Waals surface area contributed by atoms with E-state index in [1.807, 2.05) is 31.2 Å². The lowest BCUT2D eigenvalue weighted by Gasteiger charge is -1.95. The molecule has 0 radical (unpaired) electrons. The van der Waals surface area contributed by atoms with Crippen LogP contribution < -0.4 is 5.69 Å². The maximum absolute atomic E-state index is 11.6. The molecule has 3 heteroatoms. The van der Waals surface area contributed by atoms with Gasteiger partial charge in [-0.25, -0.2) is 4.79 Å². The van der Waals surface area contributed by atoms with Gasteiger partial charge >= 0.3 is 5.69 Å². The van der Waals surface area contributed by atoms with Crippen molar-refractivity contribution in [2.75, 3.05) is 0 Å². The summed E-state index contributed by atoms with van der Waals surface area (Å²) >= 11 is 0. The van der Waals surface area contributed by atoms with Crippen LogP contribution in [0.4, 0.5) is 0 Å². The summed E-state index contributed by atoms with van der Waals surface area (Å²) in [4.78, 5) is 11.6. The third-order valence-electron chi connectivity index (χ3n) is 2.37. The zero-order valence-corrected chi connectivity index (χ0v) is 7.82. The first-order chi connectivity index (χ1) is 6.25. The van der Waals surface area contributed by atoms with Gasteiger partial charge in [0.25, 0.3) is 0 Å². The van der Waals surface area contributed by atoms with Crippen LogP contribution in [-0.2, 0) is 13.6 Å². The lowest BCUT2D eigenvalue weighted by atomic mass is 10.3. The Balaban J connectivity index is 2.98. The Morgan fingerprint density at radius 2 is 1.85 bits per heavy atom. The fraction of sp³-hybridized carbons (Fsp3) is 0.300. The van der Waals surface area contributed by atoms with Gasteiger partial charge in [0.2, 0.25) is 0 Å². The lowest BCUT2D eigenvalue weighted by Crippen LogP contribution is -2.21. The lowest BCUT2D eigenvalue weighted by molar-refractivity contribution is 0.712. The molecule has 13 heavy (non-hydrogen) atoms. The van der Waals surface area contributed by atoms with E-state index in [9.17, 15) is 4.79 Å². The smallest absolute Gasteiger partial charge is 0.295 e. The van der Waals surface area contributed by atoms with Crippen molar-refractivity contribution < 1.29 is 0 Å². The zero-order valence-electron chi connectivity index (χ0n) is 7.82. The van der Waals surface area contributed by atoms with Gasteiger partial charge in [-0.05, 0) is 19.1 Å². The first-order valence-corrected chi connectivity index (χ1v) is 4.40. The van der Waals surface area contributed by atoms with Crippen LogP contribution in [0.1, 0.15) is 6.92 Å². The molecule has 0 atom stereocenters. The molecule has 1 heterocycles. The minimum atomic E-state index is 0.0590. The van der Waals surface area contributed by atoms with Gasteiger partial charge in [-0.1, -0.05) is 12.1 Å². The van der Waals surface area contributed by atoms with E-state index in [-0.39, 0.29) is 5.69 Å². The molecule has 0 saturated heterocycles. The molecule has 0 bridgehead atoms. The normalized spacial score (nSPS) is 10.9. The first-order valence-electron chi connectivity index (χ1n) is 4.40. The third kappa shape index (κ3) is 1.00. The molecule has 0 saturated carbocycles. The number of hydrogen-bond donors (Lipinski definition) is 0. The van der Waals surface area contributed by atoms with Crippen molar-refractivity contribution in [3.63, 3.8) is 0 Å². The van der Waals surface area contributed by atoms with Crippen LogP contribution in [-0.4, -0.2) is 9.13 Å². The van der Waals surface area contributed by atoms with E-state index in [0.29, 0.717) is 0 Å². The highest BCUT2D eigenvalue weighted by molar-refractivity contribution is 5.75. The number of rotatable bonds is 1. The summed E-state index contributed by atoms with van der Waals surface area (Å²) < 4.78 is 3.45. The van der Waals surface area contributed by atoms with Gasteiger partial charge in [0.1, 0.15) is 0 Å². The summed E-state index contributed by atoms with van der Waals surface area (Å²) in [6.07, 6.45) is 0. The Morgan fingerprint density at radius 3 is 2.46 bits per heavy atom. The number of benzene rings is 1. The Kier molecular flexibility index (Phi) is 1.72. The number of para-hydroxylation sites is 2. The van der Waals surface area contributed by atoms with Gasteiger partial charge in [-0.2, -0.15) is 0 Å². The number of aromatic nitrogens is 2. The number of nitrogens with zero attached hydrogens (tertiary/aromatic N) is 2. The molecular formula is C10H12N2O. The van der Waals surface area contributed by atoms with Crippen LogP contribution in [0.25, 0.3) is 11.0 Å². The van der Waals surface area contributed by atoms with Gasteiger partial charge in [-0.3, -0.25) is 9.13 Å². The molecule has 0 unspecified atom stereocenters. The summed E-state index contributed by atoms with van der Waals surface area (Å²) in [5, 5.41) is 0. The summed E-state index contributed by atoms with van der Waals surface area (Å²) in [6.45, 7) is 2.70. The summed E-state index contributed by atoms with van der Waals surface area (Å²) in [6, 6.07) is 7.83. The van der Waals surface area contributed by atoms with Crippen LogP contribution in [0.3, 0.4) is 0 Å². The predicted octanol–water partition coefficient (Wildman–Crippen LogP) is 1.36. The molecule has 0 fully saturated rings. The molecule has 2 aromatic rings. The van der Waals surface area contributed by atoms with Gasteiger partial charge in [0.15, 0.2) is 0 Å². The predicted molar refractivity (Wildman–Crippen MR) is 52.9 cm³/mol. The molecular weight excluding hydrogens is 164 g/mol. The molecule has 0 aliphatic heterocycles. The Labute approximate surface area is 76.2 Å². The van der Waals surface area contributed by atoms with Crippen molar-refractivity contribution >= 4 is 11.0 Å². The van der Waals surface area contributed by atoms with E-state index >= 15 is 0 Å². The molecule has 0 N–H and O–H groups in total. The van der Waals surface area contributed by atoms with Crippen molar-refractivity contribution in [1.29, 1.82) is 0 Å². The highest BCUT2D eigenvalue weighted by atomic mass is 16.1. The molecule has 0 aliphatic rings. The summed E-state index contributed by atoms with van der Waals surface area (Å²) in [5.41, 5.74) is 2.07. The Hall–Kier alpha value is -1.51. The van der Waals surface area contributed by atoms with Crippen LogP contribution in [0, 0.1) is 0 Å². The fourth-order valence-corrected chi connectivity index (χ4v) is 1.67. The van der Waals surface area contributed by atoms with Gasteiger partial charge in [0, 0.05) is 13.6 Å². The van der Waals surface area contributed by atoms with Crippen molar-refractivity contribution in [1.82, 2.24) is 9.13 Å². The molecule has 0 spiro atoms. The standard InChI is InChI=1S/C10H12N2O/c1-3-12-9-7-5-4-6-8(9)11(2)10(12)13/h4-7H,3H2,1-2H3. The molecule has 1 aromatic carbocycles. The van der Waals surface area contributed by atoms with Crippen LogP contribution >= 0.6 is 0 Å². The second-order valence-corrected chi connectivity index (χ2v) is 3.07. The minimum Gasteiger partial charge on any atom is -0.295 e. The van der Waals surface area contributed by atoms with Gasteiger partial charge in [0.05, 0.1) is 11.0 Å². The van der Waals surface area contributed by atoms with E-state index in [2.05, 4.69) is 0 Å². The van der Waals surface area contributed by atoms with Crippen molar-refractivity contribution in [3.05, 3.63) is 34.7 Å². The van der Waals surface area contributed by atoms with Crippen LogP contribution in [0.2, 0.25) is 0 Å². The van der Waals surface area contributed by atoms with Crippen molar-refractivity contribution in [2.24, 2.45) is 7.05 Å². The number of hydrogen-bond acceptors (Lipinski definition) is 1. The van der Waals surface area contributed by atoms with E-state index < -0.39 is 0 Å². The average Bonchev–Trinajstić information content (AvgIpc) is 2.41. The molecule has 2 rings (SSSR count). The number of aryl methyl sites for hydroxylation is 2. The fourth-order valence-electron chi connectivity index (χ4n) is 1.67.